The molecule has 1 aromatic carbocycles. The van der Waals surface area contributed by atoms with Crippen LogP contribution in [0, 0.1) is 13.8 Å². The van der Waals surface area contributed by atoms with Crippen molar-refractivity contribution in [3.05, 3.63) is 47.5 Å². The molecule has 2 unspecified atom stereocenters. The number of nitrogens with two attached hydrogens (primary N) is 1. The Morgan fingerprint density at radius 2 is 1.66 bits per heavy atom. The van der Waals surface area contributed by atoms with Crippen molar-refractivity contribution < 1.29 is 23.9 Å². The summed E-state index contributed by atoms with van der Waals surface area (Å²) >= 11 is 0. The second kappa shape index (κ2) is 12.9. The van der Waals surface area contributed by atoms with E-state index in [1.165, 1.54) is 11.0 Å². The molecule has 9 nitrogen and oxygen atoms in total. The van der Waals surface area contributed by atoms with Gasteiger partial charge in [0.25, 0.3) is 0 Å². The monoisotopic (exact) mass is 488 g/mol. The fraction of sp³-hybridized carbons (Fsp3) is 0.538. The van der Waals surface area contributed by atoms with Crippen molar-refractivity contribution in [2.24, 2.45) is 5.73 Å². The van der Waals surface area contributed by atoms with E-state index in [9.17, 15) is 19.2 Å². The molecule has 0 heterocycles. The van der Waals surface area contributed by atoms with Gasteiger partial charge in [0.05, 0.1) is 0 Å². The van der Waals surface area contributed by atoms with Crippen molar-refractivity contribution in [2.75, 3.05) is 6.54 Å². The van der Waals surface area contributed by atoms with Crippen molar-refractivity contribution in [2.45, 2.75) is 85.0 Å². The molecule has 35 heavy (non-hydrogen) atoms. The highest BCUT2D eigenvalue weighted by molar-refractivity contribution is 5.92. The number of carbonyl (C=O) groups is 4. The first-order chi connectivity index (χ1) is 16.1. The summed E-state index contributed by atoms with van der Waals surface area (Å²) < 4.78 is 5.31. The highest BCUT2D eigenvalue weighted by atomic mass is 16.6. The van der Waals surface area contributed by atoms with Gasteiger partial charge < -0.3 is 26.0 Å². The minimum atomic E-state index is -1.14. The molecule has 0 spiro atoms. The van der Waals surface area contributed by atoms with Crippen molar-refractivity contribution in [1.82, 2.24) is 15.5 Å². The standard InChI is InChI=1S/C26H40N4O5/c1-9-12-30(22(23(32)28-16(2)3)19-14-17(4)13-18(5)15-19)24(33)20(10-11-21(27)31)29-25(34)35-26(6,7)8/h9,13-16,20,22H,1,10-12H2,2-8H3,(H2,27,31)(H,28,32)(H,29,34). The van der Waals surface area contributed by atoms with Crippen molar-refractivity contribution >= 4 is 23.8 Å². The number of nitrogens with one attached hydrogen (secondary N) is 2. The van der Waals surface area contributed by atoms with Crippen LogP contribution in [0.4, 0.5) is 4.79 Å². The maximum Gasteiger partial charge on any atom is 0.408 e. The smallest absolute Gasteiger partial charge is 0.408 e. The molecule has 0 saturated carbocycles. The molecule has 0 aliphatic heterocycles. The summed E-state index contributed by atoms with van der Waals surface area (Å²) in [4.78, 5) is 52.5. The van der Waals surface area contributed by atoms with Crippen molar-refractivity contribution in [3.63, 3.8) is 0 Å². The molecule has 0 aromatic heterocycles. The third-order valence-corrected chi connectivity index (χ3v) is 4.83. The lowest BCUT2D eigenvalue weighted by Gasteiger charge is -2.34. The topological polar surface area (TPSA) is 131 Å². The van der Waals surface area contributed by atoms with Gasteiger partial charge in [-0.15, -0.1) is 6.58 Å². The zero-order valence-electron chi connectivity index (χ0n) is 21.9. The van der Waals surface area contributed by atoms with Crippen LogP contribution in [0.1, 0.15) is 70.2 Å². The zero-order valence-corrected chi connectivity index (χ0v) is 21.9. The highest BCUT2D eigenvalue weighted by Crippen LogP contribution is 2.25. The van der Waals surface area contributed by atoms with E-state index < -0.39 is 35.6 Å². The molecule has 0 aliphatic carbocycles. The fourth-order valence-corrected chi connectivity index (χ4v) is 3.66. The largest absolute Gasteiger partial charge is 0.444 e. The lowest BCUT2D eigenvalue weighted by Crippen LogP contribution is -2.53. The number of primary amides is 1. The molecule has 2 atom stereocenters. The van der Waals surface area contributed by atoms with Crippen LogP contribution in [0.2, 0.25) is 0 Å². The van der Waals surface area contributed by atoms with E-state index >= 15 is 0 Å². The predicted octanol–water partition coefficient (Wildman–Crippen LogP) is 3.04. The Morgan fingerprint density at radius 3 is 2.11 bits per heavy atom. The van der Waals surface area contributed by atoms with Gasteiger partial charge in [-0.05, 0) is 60.5 Å². The number of aryl methyl sites for hydroxylation is 2. The molecule has 0 saturated heterocycles. The van der Waals surface area contributed by atoms with Gasteiger partial charge in [-0.1, -0.05) is 35.4 Å². The average Bonchev–Trinajstić information content (AvgIpc) is 2.67. The van der Waals surface area contributed by atoms with E-state index in [0.717, 1.165) is 11.1 Å². The predicted molar refractivity (Wildman–Crippen MR) is 135 cm³/mol. The Kier molecular flexibility index (Phi) is 11.0. The van der Waals surface area contributed by atoms with Crippen LogP contribution in [-0.2, 0) is 19.1 Å². The third kappa shape index (κ3) is 10.2. The first-order valence-electron chi connectivity index (χ1n) is 11.7. The molecule has 1 aromatic rings. The van der Waals surface area contributed by atoms with Crippen LogP contribution in [0.15, 0.2) is 30.9 Å². The fourth-order valence-electron chi connectivity index (χ4n) is 3.66. The quantitative estimate of drug-likeness (QED) is 0.412. The van der Waals surface area contributed by atoms with Crippen molar-refractivity contribution in [3.8, 4) is 0 Å². The number of hydrogen-bond donors (Lipinski definition) is 3. The summed E-state index contributed by atoms with van der Waals surface area (Å²) in [6.45, 7) is 16.3. The van der Waals surface area contributed by atoms with Gasteiger partial charge >= 0.3 is 6.09 Å². The summed E-state index contributed by atoms with van der Waals surface area (Å²) in [5.41, 5.74) is 7.01. The molecule has 194 valence electrons. The first-order valence-corrected chi connectivity index (χ1v) is 11.7. The molecule has 0 bridgehead atoms. The number of rotatable bonds is 11. The number of ether oxygens (including phenoxy) is 1. The molecule has 4 amide bonds. The van der Waals surface area contributed by atoms with E-state index in [-0.39, 0.29) is 31.3 Å². The molecule has 1 rings (SSSR count). The normalized spacial score (nSPS) is 12.9. The van der Waals surface area contributed by atoms with Gasteiger partial charge in [-0.2, -0.15) is 0 Å². The summed E-state index contributed by atoms with van der Waals surface area (Å²) in [6.07, 6.45) is 0.510. The van der Waals surface area contributed by atoms with E-state index in [4.69, 9.17) is 10.5 Å². The molecule has 0 radical (unpaired) electrons. The number of hydrogen-bond acceptors (Lipinski definition) is 5. The maximum absolute atomic E-state index is 13.8. The summed E-state index contributed by atoms with van der Waals surface area (Å²) in [7, 11) is 0. The van der Waals surface area contributed by atoms with E-state index in [1.807, 2.05) is 45.9 Å². The van der Waals surface area contributed by atoms with E-state index in [1.54, 1.807) is 20.8 Å². The Labute approximate surface area is 208 Å². The third-order valence-electron chi connectivity index (χ3n) is 4.83. The molecule has 9 heteroatoms. The highest BCUT2D eigenvalue weighted by Gasteiger charge is 2.36. The summed E-state index contributed by atoms with van der Waals surface area (Å²) in [5, 5.41) is 5.43. The Balaban J connectivity index is 3.50. The second-order valence-electron chi connectivity index (χ2n) is 9.97. The van der Waals surface area contributed by atoms with Crippen molar-refractivity contribution in [1.29, 1.82) is 0 Å². The van der Waals surface area contributed by atoms with Gasteiger partial charge in [0.15, 0.2) is 0 Å². The van der Waals surface area contributed by atoms with Crippen LogP contribution in [-0.4, -0.2) is 52.9 Å². The lowest BCUT2D eigenvalue weighted by atomic mass is 9.97. The number of nitrogens with zero attached hydrogens (tertiary/aromatic N) is 1. The Hall–Kier alpha value is -3.36. The van der Waals surface area contributed by atoms with Gasteiger partial charge in [0.2, 0.25) is 17.7 Å². The molecule has 0 fully saturated rings. The lowest BCUT2D eigenvalue weighted by molar-refractivity contribution is -0.142. The molecule has 0 aliphatic rings. The van der Waals surface area contributed by atoms with E-state index in [2.05, 4.69) is 17.2 Å². The Bertz CT molecular complexity index is 916. The number of benzene rings is 1. The molecular weight excluding hydrogens is 448 g/mol. The SMILES string of the molecule is C=CCN(C(=O)C(CCC(N)=O)NC(=O)OC(C)(C)C)C(C(=O)NC(C)C)c1cc(C)cc(C)c1. The van der Waals surface area contributed by atoms with Crippen LogP contribution < -0.4 is 16.4 Å². The number of carbonyl (C=O) groups excluding carboxylic acids is 4. The number of amides is 4. The second-order valence-corrected chi connectivity index (χ2v) is 9.97. The zero-order chi connectivity index (χ0) is 26.9. The van der Waals surface area contributed by atoms with Gasteiger partial charge in [-0.3, -0.25) is 14.4 Å². The van der Waals surface area contributed by atoms with Gasteiger partial charge in [0.1, 0.15) is 17.7 Å². The Morgan fingerprint density at radius 1 is 1.09 bits per heavy atom. The molecular formula is C26H40N4O5. The van der Waals surface area contributed by atoms with Crippen LogP contribution in [0.3, 0.4) is 0 Å². The minimum absolute atomic E-state index is 0.0328. The van der Waals surface area contributed by atoms with E-state index in [0.29, 0.717) is 5.56 Å². The molecule has 4 N–H and O–H groups in total. The minimum Gasteiger partial charge on any atom is -0.444 e. The van der Waals surface area contributed by atoms with Gasteiger partial charge in [0, 0.05) is 19.0 Å². The average molecular weight is 489 g/mol. The summed E-state index contributed by atoms with van der Waals surface area (Å²) in [5.74, 6) is -1.54. The van der Waals surface area contributed by atoms with Crippen LogP contribution in [0.5, 0.6) is 0 Å². The first kappa shape index (κ1) is 29.7. The van der Waals surface area contributed by atoms with Gasteiger partial charge in [-0.25, -0.2) is 4.79 Å². The number of alkyl carbamates (subject to hydrolysis) is 1. The summed E-state index contributed by atoms with van der Waals surface area (Å²) in [6, 6.07) is 3.37. The van der Waals surface area contributed by atoms with Crippen LogP contribution in [0.25, 0.3) is 0 Å². The maximum atomic E-state index is 13.8. The van der Waals surface area contributed by atoms with Crippen LogP contribution >= 0.6 is 0 Å².